The van der Waals surface area contributed by atoms with Crippen LogP contribution in [0.5, 0.6) is 0 Å². The Morgan fingerprint density at radius 2 is 2.10 bits per heavy atom. The van der Waals surface area contributed by atoms with Gasteiger partial charge in [0.1, 0.15) is 0 Å². The van der Waals surface area contributed by atoms with E-state index < -0.39 is 0 Å². The minimum absolute atomic E-state index is 0.246. The van der Waals surface area contributed by atoms with E-state index in [0.29, 0.717) is 0 Å². The molecule has 0 saturated carbocycles. The summed E-state index contributed by atoms with van der Waals surface area (Å²) in [6, 6.07) is 9.08. The van der Waals surface area contributed by atoms with Gasteiger partial charge in [-0.25, -0.2) is 0 Å². The quantitative estimate of drug-likeness (QED) is 0.655. The summed E-state index contributed by atoms with van der Waals surface area (Å²) in [6.45, 7) is 7.49. The number of benzene rings is 1. The molecule has 0 radical (unpaired) electrons. The molecule has 0 amide bonds. The van der Waals surface area contributed by atoms with Crippen LogP contribution in [-0.2, 0) is 0 Å². The molecule has 110 valence electrons. The summed E-state index contributed by atoms with van der Waals surface area (Å²) in [4.78, 5) is 6.69. The molecule has 20 heavy (non-hydrogen) atoms. The lowest BCUT2D eigenvalue weighted by Crippen LogP contribution is -2.38. The van der Waals surface area contributed by atoms with E-state index in [0.717, 1.165) is 12.5 Å². The van der Waals surface area contributed by atoms with Gasteiger partial charge < -0.3 is 15.5 Å². The summed E-state index contributed by atoms with van der Waals surface area (Å²) in [7, 11) is 1.80. The number of hydrogen-bond donors (Lipinski definition) is 2. The van der Waals surface area contributed by atoms with Gasteiger partial charge in [0, 0.05) is 32.4 Å². The Hall–Kier alpha value is -1.71. The fraction of sp³-hybridized carbons (Fsp3) is 0.562. The summed E-state index contributed by atoms with van der Waals surface area (Å²) in [5, 5.41) is 6.65. The third-order valence-corrected chi connectivity index (χ3v) is 3.76. The zero-order valence-electron chi connectivity index (χ0n) is 12.8. The molecule has 1 aromatic rings. The van der Waals surface area contributed by atoms with Crippen LogP contribution < -0.4 is 15.5 Å². The second-order valence-electron chi connectivity index (χ2n) is 5.26. The average Bonchev–Trinajstić information content (AvgIpc) is 3.01. The molecule has 1 unspecified atom stereocenters. The Morgan fingerprint density at radius 3 is 2.75 bits per heavy atom. The smallest absolute Gasteiger partial charge is 0.191 e. The van der Waals surface area contributed by atoms with Crippen LogP contribution in [0.1, 0.15) is 38.3 Å². The van der Waals surface area contributed by atoms with Crippen molar-refractivity contribution in [1.29, 1.82) is 0 Å². The van der Waals surface area contributed by atoms with Crippen molar-refractivity contribution in [2.45, 2.75) is 32.7 Å². The summed E-state index contributed by atoms with van der Waals surface area (Å²) in [6.07, 6.45) is 2.62. The van der Waals surface area contributed by atoms with Crippen LogP contribution in [0.2, 0.25) is 0 Å². The Kier molecular flexibility index (Phi) is 5.27. The number of aliphatic imine (C=N–C) groups is 1. The third kappa shape index (κ3) is 3.65. The van der Waals surface area contributed by atoms with Gasteiger partial charge in [0.05, 0.1) is 6.04 Å². The van der Waals surface area contributed by atoms with Crippen molar-refractivity contribution in [2.24, 2.45) is 4.99 Å². The lowest BCUT2D eigenvalue weighted by molar-refractivity contribution is 0.690. The fourth-order valence-electron chi connectivity index (χ4n) is 2.62. The summed E-state index contributed by atoms with van der Waals surface area (Å²) in [5.74, 6) is 0.853. The van der Waals surface area contributed by atoms with Crippen molar-refractivity contribution in [3.8, 4) is 0 Å². The standard InChI is InChI=1S/C16H26N4/c1-4-18-16(17-3)19-13(2)14-8-7-9-15(12-14)20-10-5-6-11-20/h7-9,12-13H,4-6,10-11H2,1-3H3,(H2,17,18,19). The number of nitrogens with one attached hydrogen (secondary N) is 2. The van der Waals surface area contributed by atoms with Crippen molar-refractivity contribution in [2.75, 3.05) is 31.6 Å². The molecule has 4 nitrogen and oxygen atoms in total. The lowest BCUT2D eigenvalue weighted by Gasteiger charge is -2.21. The molecule has 0 aromatic heterocycles. The highest BCUT2D eigenvalue weighted by molar-refractivity contribution is 5.80. The molecule has 1 aliphatic heterocycles. The number of guanidine groups is 1. The molecule has 2 N–H and O–H groups in total. The maximum absolute atomic E-state index is 4.23. The zero-order chi connectivity index (χ0) is 14.4. The topological polar surface area (TPSA) is 39.7 Å². The van der Waals surface area contributed by atoms with Gasteiger partial charge in [0.15, 0.2) is 5.96 Å². The van der Waals surface area contributed by atoms with Crippen molar-refractivity contribution in [3.63, 3.8) is 0 Å². The van der Waals surface area contributed by atoms with Gasteiger partial charge in [-0.3, -0.25) is 4.99 Å². The van der Waals surface area contributed by atoms with Crippen LogP contribution in [0.3, 0.4) is 0 Å². The molecule has 1 saturated heterocycles. The van der Waals surface area contributed by atoms with E-state index in [1.54, 1.807) is 7.05 Å². The van der Waals surface area contributed by atoms with E-state index in [2.05, 4.69) is 58.6 Å². The average molecular weight is 274 g/mol. The SMILES string of the molecule is CCNC(=NC)NC(C)c1cccc(N2CCCC2)c1. The number of nitrogens with zero attached hydrogens (tertiary/aromatic N) is 2. The van der Waals surface area contributed by atoms with Gasteiger partial charge in [-0.2, -0.15) is 0 Å². The number of anilines is 1. The first-order valence-corrected chi connectivity index (χ1v) is 7.56. The first kappa shape index (κ1) is 14.7. The predicted molar refractivity (Wildman–Crippen MR) is 86.5 cm³/mol. The molecule has 1 aromatic carbocycles. The van der Waals surface area contributed by atoms with E-state index in [9.17, 15) is 0 Å². The molecule has 0 bridgehead atoms. The monoisotopic (exact) mass is 274 g/mol. The number of hydrogen-bond acceptors (Lipinski definition) is 2. The number of rotatable bonds is 4. The van der Waals surface area contributed by atoms with E-state index in [4.69, 9.17) is 0 Å². The highest BCUT2D eigenvalue weighted by Gasteiger charge is 2.14. The molecule has 4 heteroatoms. The zero-order valence-corrected chi connectivity index (χ0v) is 12.8. The normalized spacial score (nSPS) is 17.1. The molecular weight excluding hydrogens is 248 g/mol. The van der Waals surface area contributed by atoms with Crippen molar-refractivity contribution < 1.29 is 0 Å². The van der Waals surface area contributed by atoms with Gasteiger partial charge in [-0.05, 0) is 44.4 Å². The first-order valence-electron chi connectivity index (χ1n) is 7.56. The minimum atomic E-state index is 0.246. The Morgan fingerprint density at radius 1 is 1.35 bits per heavy atom. The summed E-state index contributed by atoms with van der Waals surface area (Å²) in [5.41, 5.74) is 2.64. The van der Waals surface area contributed by atoms with Crippen LogP contribution in [0.4, 0.5) is 5.69 Å². The predicted octanol–water partition coefficient (Wildman–Crippen LogP) is 2.53. The van der Waals surface area contributed by atoms with Gasteiger partial charge >= 0.3 is 0 Å². The lowest BCUT2D eigenvalue weighted by atomic mass is 10.1. The molecule has 1 aliphatic rings. The summed E-state index contributed by atoms with van der Waals surface area (Å²) >= 11 is 0. The second kappa shape index (κ2) is 7.17. The van der Waals surface area contributed by atoms with Gasteiger partial charge in [0.25, 0.3) is 0 Å². The molecule has 2 rings (SSSR count). The van der Waals surface area contributed by atoms with Crippen LogP contribution in [0.25, 0.3) is 0 Å². The van der Waals surface area contributed by atoms with Crippen LogP contribution in [-0.4, -0.2) is 32.6 Å². The molecule has 1 fully saturated rings. The summed E-state index contributed by atoms with van der Waals surface area (Å²) < 4.78 is 0. The van der Waals surface area contributed by atoms with Crippen molar-refractivity contribution >= 4 is 11.6 Å². The fourth-order valence-corrected chi connectivity index (χ4v) is 2.62. The maximum atomic E-state index is 4.23. The van der Waals surface area contributed by atoms with Crippen LogP contribution in [0.15, 0.2) is 29.3 Å². The second-order valence-corrected chi connectivity index (χ2v) is 5.26. The Bertz CT molecular complexity index is 450. The first-order chi connectivity index (χ1) is 9.74. The maximum Gasteiger partial charge on any atom is 0.191 e. The van der Waals surface area contributed by atoms with Crippen molar-refractivity contribution in [1.82, 2.24) is 10.6 Å². The highest BCUT2D eigenvalue weighted by atomic mass is 15.2. The van der Waals surface area contributed by atoms with Gasteiger partial charge in [-0.15, -0.1) is 0 Å². The Balaban J connectivity index is 2.05. The van der Waals surface area contributed by atoms with E-state index in [1.165, 1.54) is 37.2 Å². The molecule has 1 heterocycles. The van der Waals surface area contributed by atoms with E-state index in [-0.39, 0.29) is 6.04 Å². The third-order valence-electron chi connectivity index (χ3n) is 3.76. The molecule has 1 atom stereocenters. The highest BCUT2D eigenvalue weighted by Crippen LogP contribution is 2.23. The Labute approximate surface area is 122 Å². The molecule has 0 spiro atoms. The van der Waals surface area contributed by atoms with Crippen LogP contribution >= 0.6 is 0 Å². The molecular formula is C16H26N4. The van der Waals surface area contributed by atoms with E-state index >= 15 is 0 Å². The van der Waals surface area contributed by atoms with E-state index in [1.807, 2.05) is 0 Å². The van der Waals surface area contributed by atoms with Crippen molar-refractivity contribution in [3.05, 3.63) is 29.8 Å². The van der Waals surface area contributed by atoms with Gasteiger partial charge in [0.2, 0.25) is 0 Å². The molecule has 0 aliphatic carbocycles. The van der Waals surface area contributed by atoms with Crippen LogP contribution in [0, 0.1) is 0 Å². The largest absolute Gasteiger partial charge is 0.372 e. The minimum Gasteiger partial charge on any atom is -0.372 e. The van der Waals surface area contributed by atoms with Gasteiger partial charge in [-0.1, -0.05) is 12.1 Å².